The molecule has 1 aromatic rings. The monoisotopic (exact) mass is 319 g/mol. The van der Waals surface area contributed by atoms with E-state index in [4.69, 9.17) is 16.7 Å². The molecule has 0 saturated carbocycles. The molecule has 1 aromatic heterocycles. The van der Waals surface area contributed by atoms with Gasteiger partial charge in [-0.25, -0.2) is 4.79 Å². The molecule has 5 nitrogen and oxygen atoms in total. The van der Waals surface area contributed by atoms with Gasteiger partial charge >= 0.3 is 5.97 Å². The number of aromatic carboxylic acids is 1. The summed E-state index contributed by atoms with van der Waals surface area (Å²) < 4.78 is 0.352. The number of hydrogen-bond donors (Lipinski definition) is 3. The van der Waals surface area contributed by atoms with Crippen LogP contribution in [0, 0.1) is 5.92 Å². The zero-order chi connectivity index (χ0) is 15.3. The zero-order valence-corrected chi connectivity index (χ0v) is 12.9. The number of halogens is 1. The number of carboxylic acid groups (broad SMARTS) is 1. The van der Waals surface area contributed by atoms with Crippen molar-refractivity contribution in [2.45, 2.75) is 39.3 Å². The van der Waals surface area contributed by atoms with Crippen molar-refractivity contribution in [1.82, 2.24) is 5.32 Å². The second-order valence-corrected chi connectivity index (χ2v) is 6.30. The van der Waals surface area contributed by atoms with Gasteiger partial charge in [0.2, 0.25) is 5.91 Å². The van der Waals surface area contributed by atoms with Gasteiger partial charge < -0.3 is 15.5 Å². The lowest BCUT2D eigenvalue weighted by atomic mass is 9.99. The minimum atomic E-state index is -1.04. The Bertz CT molecular complexity index is 489. The molecule has 0 aliphatic heterocycles. The van der Waals surface area contributed by atoms with Crippen LogP contribution in [0.2, 0.25) is 4.34 Å². The van der Waals surface area contributed by atoms with Crippen LogP contribution in [-0.2, 0) is 11.3 Å². The molecule has 0 saturated heterocycles. The molecule has 0 aliphatic rings. The Morgan fingerprint density at radius 1 is 1.50 bits per heavy atom. The Hall–Kier alpha value is -1.11. The minimum absolute atomic E-state index is 0.0303. The number of hydrogen-bond acceptors (Lipinski definition) is 4. The van der Waals surface area contributed by atoms with Gasteiger partial charge in [-0.2, -0.15) is 0 Å². The molecule has 1 heterocycles. The van der Waals surface area contributed by atoms with Crippen LogP contribution in [0.3, 0.4) is 0 Å². The Morgan fingerprint density at radius 2 is 2.15 bits per heavy atom. The van der Waals surface area contributed by atoms with Crippen LogP contribution in [0.1, 0.15) is 41.9 Å². The quantitative estimate of drug-likeness (QED) is 0.720. The highest BCUT2D eigenvalue weighted by molar-refractivity contribution is 7.18. The number of carbonyl (C=O) groups is 2. The van der Waals surface area contributed by atoms with E-state index >= 15 is 0 Å². The zero-order valence-electron chi connectivity index (χ0n) is 11.4. The molecule has 0 spiro atoms. The molecular weight excluding hydrogens is 302 g/mol. The van der Waals surface area contributed by atoms with Crippen LogP contribution < -0.4 is 5.32 Å². The maximum absolute atomic E-state index is 11.7. The number of nitrogens with one attached hydrogen (secondary N) is 1. The number of amides is 1. The maximum Gasteiger partial charge on any atom is 0.345 e. The van der Waals surface area contributed by atoms with E-state index in [9.17, 15) is 14.7 Å². The number of aliphatic hydroxyl groups excluding tert-OH is 1. The van der Waals surface area contributed by atoms with Gasteiger partial charge in [-0.3, -0.25) is 4.79 Å². The summed E-state index contributed by atoms with van der Waals surface area (Å²) in [5.41, 5.74) is 0.570. The molecule has 2 unspecified atom stereocenters. The van der Waals surface area contributed by atoms with Gasteiger partial charge in [0.25, 0.3) is 0 Å². The first-order valence-corrected chi connectivity index (χ1v) is 7.50. The van der Waals surface area contributed by atoms with Gasteiger partial charge in [-0.05, 0) is 12.0 Å². The molecule has 1 rings (SSSR count). The third-order valence-corrected chi connectivity index (χ3v) is 4.57. The predicted octanol–water partition coefficient (Wildman–Crippen LogP) is 2.51. The van der Waals surface area contributed by atoms with Gasteiger partial charge in [-0.15, -0.1) is 11.3 Å². The van der Waals surface area contributed by atoms with E-state index in [-0.39, 0.29) is 29.7 Å². The summed E-state index contributed by atoms with van der Waals surface area (Å²) >= 11 is 6.87. The van der Waals surface area contributed by atoms with Gasteiger partial charge in [0, 0.05) is 12.1 Å². The van der Waals surface area contributed by atoms with E-state index in [2.05, 4.69) is 5.32 Å². The predicted molar refractivity (Wildman–Crippen MR) is 78.2 cm³/mol. The molecule has 20 heavy (non-hydrogen) atoms. The SMILES string of the molecule is CCC(C)C(O)CC(=O)NCc1cc(C(=O)O)sc1Cl. The van der Waals surface area contributed by atoms with Gasteiger partial charge in [0.15, 0.2) is 0 Å². The highest BCUT2D eigenvalue weighted by Gasteiger charge is 2.17. The molecule has 112 valence electrons. The summed E-state index contributed by atoms with van der Waals surface area (Å²) in [4.78, 5) is 22.6. The number of carboxylic acids is 1. The van der Waals surface area contributed by atoms with E-state index in [0.29, 0.717) is 9.90 Å². The number of carbonyl (C=O) groups excluding carboxylic acids is 1. The van der Waals surface area contributed by atoms with E-state index in [1.54, 1.807) is 0 Å². The maximum atomic E-state index is 11.7. The normalized spacial score (nSPS) is 13.8. The fourth-order valence-corrected chi connectivity index (χ4v) is 2.68. The van der Waals surface area contributed by atoms with Gasteiger partial charge in [0.1, 0.15) is 4.88 Å². The molecule has 0 bridgehead atoms. The molecule has 3 N–H and O–H groups in total. The number of rotatable bonds is 7. The standard InChI is InChI=1S/C13H18ClNO4S/c1-3-7(2)9(16)5-11(17)15-6-8-4-10(13(18)19)20-12(8)14/h4,7,9,16H,3,5-6H2,1-2H3,(H,15,17)(H,18,19). The summed E-state index contributed by atoms with van der Waals surface area (Å²) in [6, 6.07) is 1.45. The van der Waals surface area contributed by atoms with Crippen LogP contribution in [0.15, 0.2) is 6.07 Å². The Labute approximate surface area is 126 Å². The fraction of sp³-hybridized carbons (Fsp3) is 0.538. The summed E-state index contributed by atoms with van der Waals surface area (Å²) in [6.07, 6.45) is 0.155. The highest BCUT2D eigenvalue weighted by atomic mass is 35.5. The Morgan fingerprint density at radius 3 is 2.65 bits per heavy atom. The first-order chi connectivity index (χ1) is 9.35. The molecule has 0 aromatic carbocycles. The van der Waals surface area contributed by atoms with Crippen LogP contribution in [0.25, 0.3) is 0 Å². The second kappa shape index (κ2) is 7.61. The summed E-state index contributed by atoms with van der Waals surface area (Å²) in [5, 5.41) is 21.2. The van der Waals surface area contributed by atoms with E-state index in [1.807, 2.05) is 13.8 Å². The van der Waals surface area contributed by atoms with Crippen molar-refractivity contribution in [2.75, 3.05) is 0 Å². The van der Waals surface area contributed by atoms with Crippen LogP contribution in [0.4, 0.5) is 0 Å². The third-order valence-electron chi connectivity index (χ3n) is 3.14. The largest absolute Gasteiger partial charge is 0.477 e. The Balaban J connectivity index is 2.51. The fourth-order valence-electron chi connectivity index (χ4n) is 1.56. The molecular formula is C13H18ClNO4S. The second-order valence-electron chi connectivity index (χ2n) is 4.65. The van der Waals surface area contributed by atoms with Crippen LogP contribution in [0.5, 0.6) is 0 Å². The summed E-state index contributed by atoms with van der Waals surface area (Å²) in [7, 11) is 0. The molecule has 0 fully saturated rings. The average Bonchev–Trinajstić information content (AvgIpc) is 2.77. The number of aliphatic hydroxyl groups is 1. The smallest absolute Gasteiger partial charge is 0.345 e. The molecule has 0 aliphatic carbocycles. The summed E-state index contributed by atoms with van der Waals surface area (Å²) in [5.74, 6) is -1.26. The van der Waals surface area contributed by atoms with Gasteiger partial charge in [-0.1, -0.05) is 31.9 Å². The van der Waals surface area contributed by atoms with Gasteiger partial charge in [0.05, 0.1) is 16.9 Å². The molecule has 0 radical (unpaired) electrons. The first-order valence-electron chi connectivity index (χ1n) is 6.31. The topological polar surface area (TPSA) is 86.6 Å². The minimum Gasteiger partial charge on any atom is -0.477 e. The Kier molecular flexibility index (Phi) is 6.45. The van der Waals surface area contributed by atoms with Crippen molar-refractivity contribution in [1.29, 1.82) is 0 Å². The van der Waals surface area contributed by atoms with Crippen LogP contribution in [-0.4, -0.2) is 28.2 Å². The van der Waals surface area contributed by atoms with Crippen molar-refractivity contribution < 1.29 is 19.8 Å². The summed E-state index contributed by atoms with van der Waals surface area (Å²) in [6.45, 7) is 3.99. The van der Waals surface area contributed by atoms with Crippen molar-refractivity contribution in [2.24, 2.45) is 5.92 Å². The van der Waals surface area contributed by atoms with E-state index in [0.717, 1.165) is 17.8 Å². The van der Waals surface area contributed by atoms with Crippen molar-refractivity contribution in [3.8, 4) is 0 Å². The molecule has 7 heteroatoms. The van der Waals surface area contributed by atoms with Crippen molar-refractivity contribution in [3.63, 3.8) is 0 Å². The lowest BCUT2D eigenvalue weighted by molar-refractivity contribution is -0.123. The van der Waals surface area contributed by atoms with E-state index in [1.165, 1.54) is 6.07 Å². The number of thiophene rings is 1. The highest BCUT2D eigenvalue weighted by Crippen LogP contribution is 2.27. The van der Waals surface area contributed by atoms with E-state index < -0.39 is 12.1 Å². The molecule has 1 amide bonds. The first kappa shape index (κ1) is 16.9. The third kappa shape index (κ3) is 4.77. The molecule has 2 atom stereocenters. The lowest BCUT2D eigenvalue weighted by Crippen LogP contribution is -2.29. The van der Waals surface area contributed by atoms with Crippen LogP contribution >= 0.6 is 22.9 Å². The lowest BCUT2D eigenvalue weighted by Gasteiger charge is -2.16. The van der Waals surface area contributed by atoms with Crippen molar-refractivity contribution >= 4 is 34.8 Å². The average molecular weight is 320 g/mol. The van der Waals surface area contributed by atoms with Crippen molar-refractivity contribution in [3.05, 3.63) is 20.8 Å².